The Kier molecular flexibility index (Phi) is 1.63. The summed E-state index contributed by atoms with van der Waals surface area (Å²) in [6, 6.07) is 0. The molecule has 4 nitrogen and oxygen atoms in total. The lowest BCUT2D eigenvalue weighted by molar-refractivity contribution is -0.145. The van der Waals surface area contributed by atoms with E-state index < -0.39 is 5.72 Å². The van der Waals surface area contributed by atoms with Crippen LogP contribution in [0.2, 0.25) is 0 Å². The van der Waals surface area contributed by atoms with Crippen molar-refractivity contribution in [3.8, 4) is 0 Å². The second kappa shape index (κ2) is 2.44. The molecule has 2 fully saturated rings. The first-order chi connectivity index (χ1) is 5.68. The van der Waals surface area contributed by atoms with Crippen LogP contribution in [-0.4, -0.2) is 39.9 Å². The van der Waals surface area contributed by atoms with Gasteiger partial charge in [0.2, 0.25) is 5.91 Å². The summed E-state index contributed by atoms with van der Waals surface area (Å²) in [7, 11) is 0. The molecule has 1 amide bonds. The van der Waals surface area contributed by atoms with Gasteiger partial charge in [-0.2, -0.15) is 0 Å². The number of hydrogen-bond donors (Lipinski definition) is 2. The van der Waals surface area contributed by atoms with Gasteiger partial charge in [-0.1, -0.05) is 0 Å². The highest BCUT2D eigenvalue weighted by Gasteiger charge is 2.53. The zero-order valence-electron chi connectivity index (χ0n) is 6.86. The van der Waals surface area contributed by atoms with Crippen LogP contribution >= 0.6 is 0 Å². The van der Waals surface area contributed by atoms with Crippen LogP contribution in [0, 0.1) is 5.92 Å². The predicted octanol–water partition coefficient (Wildman–Crippen LogP) is -0.690. The van der Waals surface area contributed by atoms with Crippen LogP contribution in [0.4, 0.5) is 0 Å². The van der Waals surface area contributed by atoms with E-state index in [-0.39, 0.29) is 18.4 Å². The third kappa shape index (κ3) is 0.820. The lowest BCUT2D eigenvalue weighted by atomic mass is 9.95. The maximum Gasteiger partial charge on any atom is 0.225 e. The molecule has 0 unspecified atom stereocenters. The van der Waals surface area contributed by atoms with E-state index in [2.05, 4.69) is 0 Å². The molecular formula is C8H13NO3. The van der Waals surface area contributed by atoms with Crippen molar-refractivity contribution in [1.82, 2.24) is 4.90 Å². The first-order valence-corrected chi connectivity index (χ1v) is 4.32. The van der Waals surface area contributed by atoms with Crippen molar-refractivity contribution in [3.05, 3.63) is 0 Å². The number of rotatable bonds is 1. The van der Waals surface area contributed by atoms with Crippen molar-refractivity contribution in [2.75, 3.05) is 13.2 Å². The molecule has 2 aliphatic heterocycles. The van der Waals surface area contributed by atoms with Crippen molar-refractivity contribution in [3.63, 3.8) is 0 Å². The molecule has 12 heavy (non-hydrogen) atoms. The zero-order chi connectivity index (χ0) is 8.77. The van der Waals surface area contributed by atoms with Crippen LogP contribution in [-0.2, 0) is 4.79 Å². The molecular weight excluding hydrogens is 158 g/mol. The van der Waals surface area contributed by atoms with E-state index in [1.807, 2.05) is 0 Å². The normalized spacial score (nSPS) is 40.7. The van der Waals surface area contributed by atoms with Crippen LogP contribution in [0.3, 0.4) is 0 Å². The van der Waals surface area contributed by atoms with Gasteiger partial charge >= 0.3 is 0 Å². The standard InChI is InChI=1S/C8H13NO3/c10-5-6-2-4-9-7(11)1-3-8(6,9)12/h6,10,12H,1-5H2/t6-,8+/m0/s1. The van der Waals surface area contributed by atoms with E-state index in [0.717, 1.165) is 6.42 Å². The molecule has 0 radical (unpaired) electrons. The lowest BCUT2D eigenvalue weighted by Crippen LogP contribution is -2.45. The second-order valence-corrected chi connectivity index (χ2v) is 3.59. The Hall–Kier alpha value is -0.610. The molecule has 2 atom stereocenters. The summed E-state index contributed by atoms with van der Waals surface area (Å²) >= 11 is 0. The van der Waals surface area contributed by atoms with Gasteiger partial charge in [0.25, 0.3) is 0 Å². The fourth-order valence-corrected chi connectivity index (χ4v) is 2.27. The van der Waals surface area contributed by atoms with Crippen LogP contribution < -0.4 is 0 Å². The van der Waals surface area contributed by atoms with Gasteiger partial charge in [0, 0.05) is 25.3 Å². The van der Waals surface area contributed by atoms with E-state index in [1.54, 1.807) is 0 Å². The number of aliphatic hydroxyl groups is 2. The molecule has 0 saturated carbocycles. The average molecular weight is 171 g/mol. The molecule has 68 valence electrons. The van der Waals surface area contributed by atoms with Crippen molar-refractivity contribution >= 4 is 5.91 Å². The molecule has 0 aromatic rings. The number of aliphatic hydroxyl groups excluding tert-OH is 1. The lowest BCUT2D eigenvalue weighted by Gasteiger charge is -2.30. The molecule has 2 aliphatic rings. The predicted molar refractivity (Wildman–Crippen MR) is 41.1 cm³/mol. The quantitative estimate of drug-likeness (QED) is 0.549. The Morgan fingerprint density at radius 1 is 1.67 bits per heavy atom. The van der Waals surface area contributed by atoms with Crippen LogP contribution in [0.5, 0.6) is 0 Å². The summed E-state index contributed by atoms with van der Waals surface area (Å²) in [5.74, 6) is -0.114. The van der Waals surface area contributed by atoms with Gasteiger partial charge in [0.1, 0.15) is 5.72 Å². The van der Waals surface area contributed by atoms with E-state index >= 15 is 0 Å². The molecule has 0 bridgehead atoms. The largest absolute Gasteiger partial charge is 0.396 e. The summed E-state index contributed by atoms with van der Waals surface area (Å²) < 4.78 is 0. The third-order valence-corrected chi connectivity index (χ3v) is 3.05. The zero-order valence-corrected chi connectivity index (χ0v) is 6.86. The highest BCUT2D eigenvalue weighted by atomic mass is 16.3. The van der Waals surface area contributed by atoms with Crippen molar-refractivity contribution < 1.29 is 15.0 Å². The maximum absolute atomic E-state index is 11.2. The van der Waals surface area contributed by atoms with Gasteiger partial charge in [-0.05, 0) is 6.42 Å². The number of hydrogen-bond acceptors (Lipinski definition) is 3. The van der Waals surface area contributed by atoms with E-state index in [4.69, 9.17) is 5.11 Å². The molecule has 0 aliphatic carbocycles. The first kappa shape index (κ1) is 8.01. The Labute approximate surface area is 70.8 Å². The van der Waals surface area contributed by atoms with Crippen molar-refractivity contribution in [2.45, 2.75) is 25.0 Å². The Balaban J connectivity index is 2.24. The molecule has 4 heteroatoms. The minimum atomic E-state index is -1.02. The van der Waals surface area contributed by atoms with E-state index in [9.17, 15) is 9.90 Å². The number of carbonyl (C=O) groups excluding carboxylic acids is 1. The summed E-state index contributed by atoms with van der Waals surface area (Å²) in [6.07, 6.45) is 1.63. The highest BCUT2D eigenvalue weighted by molar-refractivity contribution is 5.79. The summed E-state index contributed by atoms with van der Waals surface area (Å²) in [5.41, 5.74) is -1.02. The maximum atomic E-state index is 11.2. The summed E-state index contributed by atoms with van der Waals surface area (Å²) in [5, 5.41) is 19.0. The second-order valence-electron chi connectivity index (χ2n) is 3.59. The monoisotopic (exact) mass is 171 g/mol. The number of nitrogens with zero attached hydrogens (tertiary/aromatic N) is 1. The third-order valence-electron chi connectivity index (χ3n) is 3.05. The van der Waals surface area contributed by atoms with E-state index in [1.165, 1.54) is 4.90 Å². The van der Waals surface area contributed by atoms with Crippen molar-refractivity contribution in [2.24, 2.45) is 5.92 Å². The smallest absolute Gasteiger partial charge is 0.225 e. The average Bonchev–Trinajstić information content (AvgIpc) is 2.50. The minimum Gasteiger partial charge on any atom is -0.396 e. The Bertz CT molecular complexity index is 218. The van der Waals surface area contributed by atoms with Crippen LogP contribution in [0.15, 0.2) is 0 Å². The summed E-state index contributed by atoms with van der Waals surface area (Å²) in [6.45, 7) is 0.570. The summed E-state index contributed by atoms with van der Waals surface area (Å²) in [4.78, 5) is 12.7. The molecule has 2 rings (SSSR count). The van der Waals surface area contributed by atoms with Crippen molar-refractivity contribution in [1.29, 1.82) is 0 Å². The topological polar surface area (TPSA) is 60.8 Å². The van der Waals surface area contributed by atoms with E-state index in [0.29, 0.717) is 19.4 Å². The molecule has 2 saturated heterocycles. The molecule has 0 aromatic carbocycles. The fourth-order valence-electron chi connectivity index (χ4n) is 2.27. The minimum absolute atomic E-state index is 0.0217. The van der Waals surface area contributed by atoms with Gasteiger partial charge in [0.15, 0.2) is 0 Å². The van der Waals surface area contributed by atoms with Gasteiger partial charge in [-0.3, -0.25) is 4.79 Å². The molecule has 2 heterocycles. The van der Waals surface area contributed by atoms with Crippen LogP contribution in [0.25, 0.3) is 0 Å². The molecule has 2 N–H and O–H groups in total. The Morgan fingerprint density at radius 3 is 3.08 bits per heavy atom. The Morgan fingerprint density at radius 2 is 2.42 bits per heavy atom. The molecule has 0 aromatic heterocycles. The SMILES string of the molecule is O=C1CC[C@@]2(O)[C@H](CO)CCN12. The number of carbonyl (C=O) groups is 1. The van der Waals surface area contributed by atoms with Crippen LogP contribution in [0.1, 0.15) is 19.3 Å². The fraction of sp³-hybridized carbons (Fsp3) is 0.875. The number of amides is 1. The van der Waals surface area contributed by atoms with Gasteiger partial charge in [-0.15, -0.1) is 0 Å². The number of fused-ring (bicyclic) bond motifs is 1. The highest BCUT2D eigenvalue weighted by Crippen LogP contribution is 2.41. The molecule has 0 spiro atoms. The first-order valence-electron chi connectivity index (χ1n) is 4.32. The van der Waals surface area contributed by atoms with Gasteiger partial charge < -0.3 is 15.1 Å². The van der Waals surface area contributed by atoms with Gasteiger partial charge in [-0.25, -0.2) is 0 Å². The van der Waals surface area contributed by atoms with Gasteiger partial charge in [0.05, 0.1) is 6.61 Å².